The first-order chi connectivity index (χ1) is 9.47. The third-order valence-electron chi connectivity index (χ3n) is 3.34. The Hall–Kier alpha value is -1.84. The number of hydrogen-bond donors (Lipinski definition) is 0. The van der Waals surface area contributed by atoms with E-state index in [-0.39, 0.29) is 18.4 Å². The van der Waals surface area contributed by atoms with Crippen LogP contribution in [0.1, 0.15) is 31.9 Å². The van der Waals surface area contributed by atoms with Gasteiger partial charge >= 0.3 is 0 Å². The first-order valence-corrected chi connectivity index (χ1v) is 7.06. The van der Waals surface area contributed by atoms with Gasteiger partial charge in [0, 0.05) is 26.6 Å². The molecule has 0 radical (unpaired) electrons. The minimum Gasteiger partial charge on any atom is -0.342 e. The summed E-state index contributed by atoms with van der Waals surface area (Å²) < 4.78 is 0. The first-order valence-electron chi connectivity index (χ1n) is 7.06. The molecule has 0 unspecified atom stereocenters. The lowest BCUT2D eigenvalue weighted by Gasteiger charge is -2.25. The van der Waals surface area contributed by atoms with Gasteiger partial charge in [0.05, 0.1) is 0 Å². The molecular weight excluding hydrogens is 252 g/mol. The number of likely N-dealkylation sites (N-methyl/N-ethyl adjacent to an activating group) is 1. The van der Waals surface area contributed by atoms with Crippen molar-refractivity contribution in [3.8, 4) is 0 Å². The van der Waals surface area contributed by atoms with E-state index >= 15 is 0 Å². The van der Waals surface area contributed by atoms with E-state index in [4.69, 9.17) is 0 Å². The molecule has 0 saturated heterocycles. The van der Waals surface area contributed by atoms with Crippen LogP contribution in [0.25, 0.3) is 0 Å². The third-order valence-corrected chi connectivity index (χ3v) is 3.34. The Kier molecular flexibility index (Phi) is 6.22. The molecule has 0 aliphatic heterocycles. The van der Waals surface area contributed by atoms with Crippen LogP contribution in [0, 0.1) is 6.92 Å². The highest BCUT2D eigenvalue weighted by atomic mass is 16.2. The van der Waals surface area contributed by atoms with Crippen molar-refractivity contribution in [1.29, 1.82) is 0 Å². The molecule has 0 heterocycles. The summed E-state index contributed by atoms with van der Waals surface area (Å²) in [6.45, 7) is 9.38. The van der Waals surface area contributed by atoms with Gasteiger partial charge in [0.15, 0.2) is 0 Å². The molecular formula is C16H24N2O2. The first kappa shape index (κ1) is 16.2. The quantitative estimate of drug-likeness (QED) is 0.799. The summed E-state index contributed by atoms with van der Waals surface area (Å²) in [5.74, 6) is -0.0788. The minimum absolute atomic E-state index is 0.00199. The van der Waals surface area contributed by atoms with E-state index in [0.717, 1.165) is 11.1 Å². The van der Waals surface area contributed by atoms with Crippen molar-refractivity contribution < 1.29 is 9.59 Å². The zero-order chi connectivity index (χ0) is 15.1. The summed E-state index contributed by atoms with van der Waals surface area (Å²) in [6.07, 6.45) is 0. The standard InChI is InChI=1S/C16H24N2O2/c1-5-17(6-2)16(20)12-18(14(4)19)11-15-9-7-8-13(3)10-15/h7-10H,5-6,11-12H2,1-4H3. The molecule has 0 aliphatic rings. The Bertz CT molecular complexity index is 467. The second-order valence-corrected chi connectivity index (χ2v) is 4.93. The molecule has 0 saturated carbocycles. The minimum atomic E-state index is -0.0768. The van der Waals surface area contributed by atoms with Crippen LogP contribution in [-0.2, 0) is 16.1 Å². The van der Waals surface area contributed by atoms with Gasteiger partial charge in [-0.2, -0.15) is 0 Å². The van der Waals surface area contributed by atoms with Crippen LogP contribution in [0.4, 0.5) is 0 Å². The lowest BCUT2D eigenvalue weighted by Crippen LogP contribution is -2.41. The van der Waals surface area contributed by atoms with Crippen molar-refractivity contribution in [2.24, 2.45) is 0 Å². The monoisotopic (exact) mass is 276 g/mol. The predicted octanol–water partition coefficient (Wildman–Crippen LogP) is 2.21. The average Bonchev–Trinajstić information content (AvgIpc) is 2.39. The van der Waals surface area contributed by atoms with Crippen LogP contribution in [0.5, 0.6) is 0 Å². The number of hydrogen-bond acceptors (Lipinski definition) is 2. The van der Waals surface area contributed by atoms with Gasteiger partial charge in [-0.05, 0) is 26.3 Å². The van der Waals surface area contributed by atoms with E-state index < -0.39 is 0 Å². The van der Waals surface area contributed by atoms with E-state index in [1.165, 1.54) is 6.92 Å². The van der Waals surface area contributed by atoms with Crippen LogP contribution < -0.4 is 0 Å². The number of nitrogens with zero attached hydrogens (tertiary/aromatic N) is 2. The number of rotatable bonds is 6. The summed E-state index contributed by atoms with van der Waals surface area (Å²) in [5.41, 5.74) is 2.20. The predicted molar refractivity (Wildman–Crippen MR) is 80.2 cm³/mol. The van der Waals surface area contributed by atoms with Crippen molar-refractivity contribution in [2.45, 2.75) is 34.2 Å². The molecule has 110 valence electrons. The highest BCUT2D eigenvalue weighted by molar-refractivity contribution is 5.83. The van der Waals surface area contributed by atoms with Crippen molar-refractivity contribution >= 4 is 11.8 Å². The fraction of sp³-hybridized carbons (Fsp3) is 0.500. The molecule has 0 atom stereocenters. The zero-order valence-electron chi connectivity index (χ0n) is 12.8. The second kappa shape index (κ2) is 7.68. The lowest BCUT2D eigenvalue weighted by molar-refractivity contribution is -0.139. The Labute approximate surface area is 121 Å². The molecule has 4 nitrogen and oxygen atoms in total. The molecule has 2 amide bonds. The number of aryl methyl sites for hydroxylation is 1. The molecule has 0 N–H and O–H groups in total. The SMILES string of the molecule is CCN(CC)C(=O)CN(Cc1cccc(C)c1)C(C)=O. The summed E-state index contributed by atoms with van der Waals surface area (Å²) in [5, 5.41) is 0. The fourth-order valence-corrected chi connectivity index (χ4v) is 2.15. The maximum Gasteiger partial charge on any atom is 0.242 e. The van der Waals surface area contributed by atoms with Crippen LogP contribution >= 0.6 is 0 Å². The summed E-state index contributed by atoms with van der Waals surface area (Å²) in [4.78, 5) is 27.2. The Morgan fingerprint density at radius 3 is 2.25 bits per heavy atom. The molecule has 20 heavy (non-hydrogen) atoms. The van der Waals surface area contributed by atoms with Gasteiger partial charge in [-0.15, -0.1) is 0 Å². The van der Waals surface area contributed by atoms with Crippen molar-refractivity contribution in [2.75, 3.05) is 19.6 Å². The van der Waals surface area contributed by atoms with E-state index in [2.05, 4.69) is 0 Å². The highest BCUT2D eigenvalue weighted by Crippen LogP contribution is 2.08. The molecule has 4 heteroatoms. The van der Waals surface area contributed by atoms with Crippen LogP contribution in [0.3, 0.4) is 0 Å². The number of carbonyl (C=O) groups is 2. The van der Waals surface area contributed by atoms with Crippen molar-refractivity contribution in [1.82, 2.24) is 9.80 Å². The van der Waals surface area contributed by atoms with Crippen LogP contribution in [-0.4, -0.2) is 41.2 Å². The van der Waals surface area contributed by atoms with E-state index in [0.29, 0.717) is 19.6 Å². The van der Waals surface area contributed by atoms with Crippen LogP contribution in [0.2, 0.25) is 0 Å². The maximum absolute atomic E-state index is 12.1. The molecule has 0 bridgehead atoms. The van der Waals surface area contributed by atoms with Crippen molar-refractivity contribution in [3.05, 3.63) is 35.4 Å². The third kappa shape index (κ3) is 4.68. The molecule has 1 rings (SSSR count). The van der Waals surface area contributed by atoms with Crippen LogP contribution in [0.15, 0.2) is 24.3 Å². The smallest absolute Gasteiger partial charge is 0.242 e. The second-order valence-electron chi connectivity index (χ2n) is 4.93. The maximum atomic E-state index is 12.1. The van der Waals surface area contributed by atoms with Gasteiger partial charge in [-0.1, -0.05) is 29.8 Å². The highest BCUT2D eigenvalue weighted by Gasteiger charge is 2.17. The number of amides is 2. The number of carbonyl (C=O) groups excluding carboxylic acids is 2. The molecule has 0 aromatic heterocycles. The van der Waals surface area contributed by atoms with E-state index in [9.17, 15) is 9.59 Å². The van der Waals surface area contributed by atoms with Gasteiger partial charge in [0.2, 0.25) is 11.8 Å². The molecule has 1 aromatic carbocycles. The fourth-order valence-electron chi connectivity index (χ4n) is 2.15. The zero-order valence-corrected chi connectivity index (χ0v) is 12.8. The Morgan fingerprint density at radius 2 is 1.75 bits per heavy atom. The van der Waals surface area contributed by atoms with E-state index in [1.807, 2.05) is 45.0 Å². The summed E-state index contributed by atoms with van der Waals surface area (Å²) >= 11 is 0. The Balaban J connectivity index is 2.75. The molecule has 0 spiro atoms. The van der Waals surface area contributed by atoms with Gasteiger partial charge in [-0.25, -0.2) is 0 Å². The topological polar surface area (TPSA) is 40.6 Å². The summed E-state index contributed by atoms with van der Waals surface area (Å²) in [7, 11) is 0. The van der Waals surface area contributed by atoms with Crippen molar-refractivity contribution in [3.63, 3.8) is 0 Å². The van der Waals surface area contributed by atoms with Gasteiger partial charge < -0.3 is 9.80 Å². The Morgan fingerprint density at radius 1 is 1.10 bits per heavy atom. The average molecular weight is 276 g/mol. The van der Waals surface area contributed by atoms with Gasteiger partial charge in [0.25, 0.3) is 0 Å². The van der Waals surface area contributed by atoms with Gasteiger partial charge in [-0.3, -0.25) is 9.59 Å². The lowest BCUT2D eigenvalue weighted by atomic mass is 10.1. The molecule has 0 fully saturated rings. The largest absolute Gasteiger partial charge is 0.342 e. The molecule has 1 aromatic rings. The number of benzene rings is 1. The summed E-state index contributed by atoms with van der Waals surface area (Å²) in [6, 6.07) is 8.00. The molecule has 0 aliphatic carbocycles. The van der Waals surface area contributed by atoms with Gasteiger partial charge in [0.1, 0.15) is 6.54 Å². The normalized spacial score (nSPS) is 10.2. The van der Waals surface area contributed by atoms with E-state index in [1.54, 1.807) is 9.80 Å².